The molecule has 0 radical (unpaired) electrons. The fraction of sp³-hybridized carbons (Fsp3) is 0.455. The average Bonchev–Trinajstić information content (AvgIpc) is 2.09. The number of benzene rings is 1. The van der Waals surface area contributed by atoms with Gasteiger partial charge in [-0.1, -0.05) is 13.0 Å². The lowest BCUT2D eigenvalue weighted by Gasteiger charge is -2.39. The molecule has 1 saturated heterocycles. The summed E-state index contributed by atoms with van der Waals surface area (Å²) in [5.41, 5.74) is 0.236. The zero-order valence-corrected chi connectivity index (χ0v) is 8.11. The van der Waals surface area contributed by atoms with Gasteiger partial charge in [0.2, 0.25) is 0 Å². The van der Waals surface area contributed by atoms with Crippen molar-refractivity contribution in [3.05, 3.63) is 35.4 Å². The molecule has 0 saturated carbocycles. The van der Waals surface area contributed by atoms with Gasteiger partial charge in [0.15, 0.2) is 0 Å². The molecule has 1 fully saturated rings. The molecule has 0 amide bonds. The third kappa shape index (κ3) is 1.64. The van der Waals surface area contributed by atoms with Crippen LogP contribution in [0.5, 0.6) is 0 Å². The van der Waals surface area contributed by atoms with Crippen molar-refractivity contribution in [1.82, 2.24) is 5.32 Å². The van der Waals surface area contributed by atoms with E-state index in [2.05, 4.69) is 5.32 Å². The molecule has 0 aromatic heterocycles. The normalized spacial score (nSPS) is 19.1. The topological polar surface area (TPSA) is 12.0 Å². The highest BCUT2D eigenvalue weighted by Crippen LogP contribution is 2.28. The summed E-state index contributed by atoms with van der Waals surface area (Å²) < 4.78 is 26.6. The van der Waals surface area contributed by atoms with E-state index in [1.54, 1.807) is 0 Å². The van der Waals surface area contributed by atoms with Gasteiger partial charge in [-0.3, -0.25) is 0 Å². The molecule has 0 spiro atoms. The van der Waals surface area contributed by atoms with E-state index in [1.165, 1.54) is 18.2 Å². The highest BCUT2D eigenvalue weighted by Gasteiger charge is 2.33. The van der Waals surface area contributed by atoms with Crippen LogP contribution in [-0.4, -0.2) is 13.1 Å². The molecule has 3 heteroatoms. The molecule has 1 aliphatic heterocycles. The van der Waals surface area contributed by atoms with Crippen molar-refractivity contribution in [2.75, 3.05) is 13.1 Å². The predicted octanol–water partition coefficient (Wildman–Crippen LogP) is 2.12. The van der Waals surface area contributed by atoms with Gasteiger partial charge in [-0.15, -0.1) is 0 Å². The number of halogens is 2. The summed E-state index contributed by atoms with van der Waals surface area (Å²) in [6, 6.07) is 4.03. The molecule has 0 bridgehead atoms. The quantitative estimate of drug-likeness (QED) is 0.765. The first-order chi connectivity index (χ1) is 6.61. The monoisotopic (exact) mass is 197 g/mol. The van der Waals surface area contributed by atoms with Crippen LogP contribution in [0.25, 0.3) is 0 Å². The summed E-state index contributed by atoms with van der Waals surface area (Å²) >= 11 is 0. The lowest BCUT2D eigenvalue weighted by Crippen LogP contribution is -2.52. The molecule has 1 aliphatic rings. The lowest BCUT2D eigenvalue weighted by molar-refractivity contribution is 0.191. The van der Waals surface area contributed by atoms with Gasteiger partial charge in [-0.05, 0) is 24.0 Å². The van der Waals surface area contributed by atoms with E-state index in [0.29, 0.717) is 6.42 Å². The van der Waals surface area contributed by atoms with Crippen LogP contribution in [-0.2, 0) is 6.42 Å². The van der Waals surface area contributed by atoms with Gasteiger partial charge < -0.3 is 5.32 Å². The number of nitrogens with one attached hydrogen (secondary N) is 1. The molecule has 1 N–H and O–H groups in total. The van der Waals surface area contributed by atoms with Gasteiger partial charge in [-0.25, -0.2) is 8.78 Å². The van der Waals surface area contributed by atoms with Crippen LogP contribution < -0.4 is 5.32 Å². The summed E-state index contributed by atoms with van der Waals surface area (Å²) in [7, 11) is 0. The van der Waals surface area contributed by atoms with Crippen LogP contribution >= 0.6 is 0 Å². The number of hydrogen-bond acceptors (Lipinski definition) is 1. The summed E-state index contributed by atoms with van der Waals surface area (Å²) in [6.45, 7) is 3.71. The van der Waals surface area contributed by atoms with Crippen LogP contribution in [0.2, 0.25) is 0 Å². The van der Waals surface area contributed by atoms with E-state index < -0.39 is 11.6 Å². The maximum absolute atomic E-state index is 13.3. The van der Waals surface area contributed by atoms with Gasteiger partial charge in [0.05, 0.1) is 0 Å². The zero-order chi connectivity index (χ0) is 10.2. The van der Waals surface area contributed by atoms with E-state index >= 15 is 0 Å². The summed E-state index contributed by atoms with van der Waals surface area (Å²) in [5.74, 6) is -0.865. The SMILES string of the molecule is CC1(Cc2c(F)cccc2F)CNC1. The van der Waals surface area contributed by atoms with Crippen molar-refractivity contribution in [3.63, 3.8) is 0 Å². The van der Waals surface area contributed by atoms with E-state index in [0.717, 1.165) is 13.1 Å². The molecule has 76 valence electrons. The summed E-state index contributed by atoms with van der Waals surface area (Å²) in [6.07, 6.45) is 0.471. The molecule has 1 aromatic rings. The second-order valence-electron chi connectivity index (χ2n) is 4.29. The molecule has 1 nitrogen and oxygen atoms in total. The second-order valence-corrected chi connectivity index (χ2v) is 4.29. The first kappa shape index (κ1) is 9.59. The van der Waals surface area contributed by atoms with Gasteiger partial charge in [0.1, 0.15) is 11.6 Å². The highest BCUT2D eigenvalue weighted by molar-refractivity contribution is 5.22. The summed E-state index contributed by atoms with van der Waals surface area (Å²) in [4.78, 5) is 0. The van der Waals surface area contributed by atoms with Crippen LogP contribution in [0.4, 0.5) is 8.78 Å². The standard InChI is InChI=1S/C11H13F2N/c1-11(6-14-7-11)5-8-9(12)3-2-4-10(8)13/h2-4,14H,5-7H2,1H3. The Bertz CT molecular complexity index is 325. The molecule has 0 unspecified atom stereocenters. The molecular formula is C11H13F2N. The average molecular weight is 197 g/mol. The predicted molar refractivity (Wildman–Crippen MR) is 51.0 cm³/mol. The smallest absolute Gasteiger partial charge is 0.129 e. The van der Waals surface area contributed by atoms with Crippen molar-refractivity contribution < 1.29 is 8.78 Å². The van der Waals surface area contributed by atoms with Crippen molar-refractivity contribution >= 4 is 0 Å². The maximum Gasteiger partial charge on any atom is 0.129 e. The zero-order valence-electron chi connectivity index (χ0n) is 8.11. The first-order valence-corrected chi connectivity index (χ1v) is 4.74. The Morgan fingerprint density at radius 1 is 1.29 bits per heavy atom. The van der Waals surface area contributed by atoms with Crippen molar-refractivity contribution in [2.45, 2.75) is 13.3 Å². The van der Waals surface area contributed by atoms with Gasteiger partial charge in [-0.2, -0.15) is 0 Å². The highest BCUT2D eigenvalue weighted by atomic mass is 19.1. The van der Waals surface area contributed by atoms with E-state index in [4.69, 9.17) is 0 Å². The largest absolute Gasteiger partial charge is 0.316 e. The lowest BCUT2D eigenvalue weighted by atomic mass is 9.78. The molecular weight excluding hydrogens is 184 g/mol. The van der Waals surface area contributed by atoms with Gasteiger partial charge >= 0.3 is 0 Å². The Morgan fingerprint density at radius 3 is 2.29 bits per heavy atom. The van der Waals surface area contributed by atoms with E-state index in [1.807, 2.05) is 6.92 Å². The third-order valence-electron chi connectivity index (χ3n) is 2.77. The molecule has 0 aliphatic carbocycles. The Kier molecular flexibility index (Phi) is 2.27. The molecule has 1 heterocycles. The van der Waals surface area contributed by atoms with Crippen LogP contribution in [0, 0.1) is 17.0 Å². The van der Waals surface area contributed by atoms with Gasteiger partial charge in [0.25, 0.3) is 0 Å². The maximum atomic E-state index is 13.3. The molecule has 1 aromatic carbocycles. The fourth-order valence-corrected chi connectivity index (χ4v) is 1.80. The van der Waals surface area contributed by atoms with Crippen LogP contribution in [0.15, 0.2) is 18.2 Å². The Hall–Kier alpha value is -0.960. The fourth-order valence-electron chi connectivity index (χ4n) is 1.80. The minimum atomic E-state index is -0.432. The van der Waals surface area contributed by atoms with Gasteiger partial charge in [0, 0.05) is 18.7 Å². The molecule has 2 rings (SSSR count). The Morgan fingerprint density at radius 2 is 1.86 bits per heavy atom. The van der Waals surface area contributed by atoms with Crippen molar-refractivity contribution in [2.24, 2.45) is 5.41 Å². The minimum Gasteiger partial charge on any atom is -0.316 e. The second kappa shape index (κ2) is 3.31. The van der Waals surface area contributed by atoms with Crippen molar-refractivity contribution in [1.29, 1.82) is 0 Å². The van der Waals surface area contributed by atoms with E-state index in [9.17, 15) is 8.78 Å². The van der Waals surface area contributed by atoms with Crippen LogP contribution in [0.1, 0.15) is 12.5 Å². The van der Waals surface area contributed by atoms with Crippen molar-refractivity contribution in [3.8, 4) is 0 Å². The number of rotatable bonds is 2. The van der Waals surface area contributed by atoms with E-state index in [-0.39, 0.29) is 11.0 Å². The molecule has 0 atom stereocenters. The Balaban J connectivity index is 2.23. The van der Waals surface area contributed by atoms with Crippen LogP contribution in [0.3, 0.4) is 0 Å². The Labute approximate surface area is 82.1 Å². The number of hydrogen-bond donors (Lipinski definition) is 1. The first-order valence-electron chi connectivity index (χ1n) is 4.74. The summed E-state index contributed by atoms with van der Waals surface area (Å²) in [5, 5.41) is 3.12. The molecule has 14 heavy (non-hydrogen) atoms. The third-order valence-corrected chi connectivity index (χ3v) is 2.77. The minimum absolute atomic E-state index is 0.0169.